The van der Waals surface area contributed by atoms with E-state index in [1.807, 2.05) is 0 Å². The molecule has 56 heavy (non-hydrogen) atoms. The third-order valence-electron chi connectivity index (χ3n) is 21.9. The molecule has 16 atom stereocenters. The van der Waals surface area contributed by atoms with Gasteiger partial charge in [0.15, 0.2) is 0 Å². The summed E-state index contributed by atoms with van der Waals surface area (Å²) in [7, 11) is 0. The van der Waals surface area contributed by atoms with Gasteiger partial charge in [-0.2, -0.15) is 0 Å². The molecule has 0 bridgehead atoms. The number of pyridine rings is 1. The largest absolute Gasteiger partial charge is 0.257 e. The molecule has 16 unspecified atom stereocenters. The van der Waals surface area contributed by atoms with Crippen LogP contribution in [0.25, 0.3) is 0 Å². The molecule has 1 aromatic rings. The van der Waals surface area contributed by atoms with Crippen molar-refractivity contribution >= 4 is 0 Å². The van der Waals surface area contributed by atoms with Gasteiger partial charge in [-0.25, -0.2) is 0 Å². The molecule has 1 heteroatoms. The standard InChI is InChI=1S/C55H89N/c1-34(2)13-11-15-36(5)44-21-23-46-42-19-17-40-30-50-38(32-54(40,9)48(42)25-27-52(44,46)7)29-39-33-55(10)41(31-51(39)56-50)18-20-43-47-24-22-45(37(6)16-12-14-35(3)4)53(47,8)28-26-49(43)55/h29,34-37,40-49H,11-28,30-33H2,1-10H3. The Kier molecular flexibility index (Phi) is 10.8. The Bertz CT molecular complexity index is 1460. The molecule has 0 N–H and O–H groups in total. The van der Waals surface area contributed by atoms with Crippen LogP contribution in [0.4, 0.5) is 0 Å². The van der Waals surface area contributed by atoms with Crippen molar-refractivity contribution in [2.45, 2.75) is 210 Å². The third kappa shape index (κ3) is 6.50. The lowest BCUT2D eigenvalue weighted by Crippen LogP contribution is -2.55. The summed E-state index contributed by atoms with van der Waals surface area (Å²) in [5, 5.41) is 0. The molecule has 8 aliphatic rings. The lowest BCUT2D eigenvalue weighted by atomic mass is 9.44. The second-order valence-electron chi connectivity index (χ2n) is 25.3. The first-order valence-electron chi connectivity index (χ1n) is 25.7. The van der Waals surface area contributed by atoms with Crippen LogP contribution in [0, 0.1) is 105 Å². The molecule has 6 fully saturated rings. The zero-order valence-electron chi connectivity index (χ0n) is 38.7. The first kappa shape index (κ1) is 40.6. The van der Waals surface area contributed by atoms with E-state index >= 15 is 0 Å². The number of aromatic nitrogens is 1. The summed E-state index contributed by atoms with van der Waals surface area (Å²) in [5.74, 6) is 13.0. The number of nitrogens with zero attached hydrogens (tertiary/aromatic N) is 1. The maximum atomic E-state index is 5.76. The van der Waals surface area contributed by atoms with Crippen LogP contribution in [-0.4, -0.2) is 4.98 Å². The number of fused-ring (bicyclic) bond motifs is 12. The Hall–Kier alpha value is -0.850. The highest BCUT2D eigenvalue weighted by atomic mass is 14.8. The fourth-order valence-corrected chi connectivity index (χ4v) is 19.0. The van der Waals surface area contributed by atoms with Gasteiger partial charge in [0.2, 0.25) is 0 Å². The zero-order chi connectivity index (χ0) is 39.4. The van der Waals surface area contributed by atoms with Gasteiger partial charge < -0.3 is 0 Å². The average molecular weight is 764 g/mol. The van der Waals surface area contributed by atoms with Crippen LogP contribution >= 0.6 is 0 Å². The Balaban J connectivity index is 0.904. The molecule has 0 aliphatic heterocycles. The monoisotopic (exact) mass is 764 g/mol. The highest BCUT2D eigenvalue weighted by Gasteiger charge is 2.63. The molecule has 1 aromatic heterocycles. The van der Waals surface area contributed by atoms with E-state index < -0.39 is 0 Å². The van der Waals surface area contributed by atoms with Gasteiger partial charge in [-0.15, -0.1) is 0 Å². The summed E-state index contributed by atoms with van der Waals surface area (Å²) in [6, 6.07) is 2.82. The predicted molar refractivity (Wildman–Crippen MR) is 237 cm³/mol. The summed E-state index contributed by atoms with van der Waals surface area (Å²) < 4.78 is 0. The van der Waals surface area contributed by atoms with Crippen molar-refractivity contribution in [2.75, 3.05) is 0 Å². The van der Waals surface area contributed by atoms with Crippen molar-refractivity contribution in [3.8, 4) is 0 Å². The maximum absolute atomic E-state index is 5.76. The minimum Gasteiger partial charge on any atom is -0.257 e. The molecule has 6 saturated carbocycles. The highest BCUT2D eigenvalue weighted by Crippen LogP contribution is 2.70. The summed E-state index contributed by atoms with van der Waals surface area (Å²) in [5.41, 5.74) is 8.65. The van der Waals surface area contributed by atoms with Gasteiger partial charge in [0, 0.05) is 11.4 Å². The molecular formula is C55H89N. The first-order chi connectivity index (χ1) is 26.7. The molecular weight excluding hydrogens is 675 g/mol. The topological polar surface area (TPSA) is 12.9 Å². The van der Waals surface area contributed by atoms with Crippen LogP contribution in [0.15, 0.2) is 6.07 Å². The van der Waals surface area contributed by atoms with Crippen molar-refractivity contribution in [3.05, 3.63) is 28.6 Å². The van der Waals surface area contributed by atoms with E-state index in [0.29, 0.717) is 21.7 Å². The Morgan fingerprint density at radius 2 is 0.911 bits per heavy atom. The Morgan fingerprint density at radius 3 is 1.32 bits per heavy atom. The van der Waals surface area contributed by atoms with Crippen LogP contribution < -0.4 is 0 Å². The molecule has 0 amide bonds. The van der Waals surface area contributed by atoms with Crippen LogP contribution in [0.1, 0.15) is 207 Å². The van der Waals surface area contributed by atoms with Gasteiger partial charge in [0.25, 0.3) is 0 Å². The van der Waals surface area contributed by atoms with E-state index in [9.17, 15) is 0 Å². The molecule has 0 aromatic carbocycles. The van der Waals surface area contributed by atoms with Crippen LogP contribution in [0.3, 0.4) is 0 Å². The molecule has 0 spiro atoms. The maximum Gasteiger partial charge on any atom is 0.0442 e. The molecule has 1 nitrogen and oxygen atoms in total. The van der Waals surface area contributed by atoms with E-state index in [-0.39, 0.29) is 0 Å². The van der Waals surface area contributed by atoms with Gasteiger partial charge in [-0.05, 0) is 218 Å². The quantitative estimate of drug-likeness (QED) is 0.231. The van der Waals surface area contributed by atoms with E-state index in [2.05, 4.69) is 75.3 Å². The van der Waals surface area contributed by atoms with E-state index in [0.717, 1.165) is 82.9 Å². The lowest BCUT2D eigenvalue weighted by Gasteiger charge is -2.61. The normalized spacial score (nSPS) is 46.1. The van der Waals surface area contributed by atoms with Crippen molar-refractivity contribution < 1.29 is 0 Å². The minimum absolute atomic E-state index is 0.476. The van der Waals surface area contributed by atoms with E-state index in [4.69, 9.17) is 4.98 Å². The predicted octanol–water partition coefficient (Wildman–Crippen LogP) is 15.2. The van der Waals surface area contributed by atoms with Crippen LogP contribution in [0.5, 0.6) is 0 Å². The molecule has 0 saturated heterocycles. The van der Waals surface area contributed by atoms with Crippen molar-refractivity contribution in [1.82, 2.24) is 4.98 Å². The van der Waals surface area contributed by atoms with Gasteiger partial charge >= 0.3 is 0 Å². The zero-order valence-corrected chi connectivity index (χ0v) is 38.7. The molecule has 9 rings (SSSR count). The van der Waals surface area contributed by atoms with Crippen molar-refractivity contribution in [2.24, 2.45) is 105 Å². The second-order valence-corrected chi connectivity index (χ2v) is 25.3. The van der Waals surface area contributed by atoms with E-state index in [1.54, 1.807) is 22.5 Å². The Morgan fingerprint density at radius 1 is 0.500 bits per heavy atom. The van der Waals surface area contributed by atoms with Gasteiger partial charge in [0.1, 0.15) is 0 Å². The smallest absolute Gasteiger partial charge is 0.0442 e. The lowest BCUT2D eigenvalue weighted by molar-refractivity contribution is -0.105. The fourth-order valence-electron chi connectivity index (χ4n) is 19.0. The van der Waals surface area contributed by atoms with E-state index in [1.165, 1.54) is 141 Å². The molecule has 1 heterocycles. The number of hydrogen-bond acceptors (Lipinski definition) is 1. The van der Waals surface area contributed by atoms with Gasteiger partial charge in [-0.1, -0.05) is 114 Å². The Labute approximate surface area is 347 Å². The number of rotatable bonds is 10. The second kappa shape index (κ2) is 15.0. The fraction of sp³-hybridized carbons (Fsp3) is 0.909. The summed E-state index contributed by atoms with van der Waals surface area (Å²) in [6.07, 6.45) is 32.0. The van der Waals surface area contributed by atoms with Gasteiger partial charge in [0.05, 0.1) is 0 Å². The molecule has 314 valence electrons. The number of hydrogen-bond donors (Lipinski definition) is 0. The van der Waals surface area contributed by atoms with Crippen LogP contribution in [-0.2, 0) is 25.7 Å². The first-order valence-corrected chi connectivity index (χ1v) is 25.7. The third-order valence-corrected chi connectivity index (χ3v) is 21.9. The average Bonchev–Trinajstić information content (AvgIpc) is 3.68. The summed E-state index contributed by atoms with van der Waals surface area (Å²) >= 11 is 0. The van der Waals surface area contributed by atoms with Crippen molar-refractivity contribution in [3.63, 3.8) is 0 Å². The summed E-state index contributed by atoms with van der Waals surface area (Å²) in [4.78, 5) is 5.76. The molecule has 8 aliphatic carbocycles. The van der Waals surface area contributed by atoms with Crippen LogP contribution in [0.2, 0.25) is 0 Å². The SMILES string of the molecule is CC(C)CCCC(C)C1CCC2C3CCC4Cc5nc6c(cc5CC4(C)C3CCC12C)CC1(C)C(CCC2C1CCC1(C)C(C(C)CCCC(C)C)CCC21)C6. The van der Waals surface area contributed by atoms with Crippen molar-refractivity contribution in [1.29, 1.82) is 0 Å². The minimum atomic E-state index is 0.476. The highest BCUT2D eigenvalue weighted by molar-refractivity contribution is 5.38. The summed E-state index contributed by atoms with van der Waals surface area (Å²) in [6.45, 7) is 26.2. The molecule has 0 radical (unpaired) electrons. The van der Waals surface area contributed by atoms with Gasteiger partial charge in [-0.3, -0.25) is 4.98 Å².